The van der Waals surface area contributed by atoms with E-state index in [2.05, 4.69) is 0 Å². The van der Waals surface area contributed by atoms with Crippen LogP contribution in [-0.2, 0) is 21.7 Å². The van der Waals surface area contributed by atoms with Crippen molar-refractivity contribution in [3.63, 3.8) is 0 Å². The molecule has 0 spiro atoms. The van der Waals surface area contributed by atoms with Crippen LogP contribution < -0.4 is 0 Å². The highest BCUT2D eigenvalue weighted by atomic mass is 16.5. The van der Waals surface area contributed by atoms with E-state index in [1.807, 2.05) is 43.0 Å². The van der Waals surface area contributed by atoms with E-state index in [-0.39, 0.29) is 6.61 Å². The van der Waals surface area contributed by atoms with Crippen LogP contribution in [0.2, 0.25) is 0 Å². The summed E-state index contributed by atoms with van der Waals surface area (Å²) in [6.07, 6.45) is 0. The highest BCUT2D eigenvalue weighted by Crippen LogP contribution is 2.35. The molecule has 0 fully saturated rings. The quantitative estimate of drug-likeness (QED) is 0.884. The number of hydrogen-bond donors (Lipinski definition) is 1. The summed E-state index contributed by atoms with van der Waals surface area (Å²) >= 11 is 0. The number of carbonyl (C=O) groups is 1. The van der Waals surface area contributed by atoms with Gasteiger partial charge in [0.15, 0.2) is 5.54 Å². The van der Waals surface area contributed by atoms with E-state index in [0.29, 0.717) is 19.7 Å². The smallest absolute Gasteiger partial charge is 0.331 e. The fourth-order valence-corrected chi connectivity index (χ4v) is 2.77. The average Bonchev–Trinajstić information content (AvgIpc) is 2.40. The van der Waals surface area contributed by atoms with Gasteiger partial charge in [0.05, 0.1) is 13.2 Å². The average molecular weight is 249 g/mol. The van der Waals surface area contributed by atoms with Crippen molar-refractivity contribution in [2.24, 2.45) is 0 Å². The topological polar surface area (TPSA) is 49.8 Å². The molecule has 18 heavy (non-hydrogen) atoms. The summed E-state index contributed by atoms with van der Waals surface area (Å²) in [7, 11) is 0. The Kier molecular flexibility index (Phi) is 3.68. The zero-order valence-electron chi connectivity index (χ0n) is 10.8. The molecule has 1 aliphatic heterocycles. The van der Waals surface area contributed by atoms with Crippen molar-refractivity contribution in [1.29, 1.82) is 0 Å². The number of carboxylic acids is 1. The molecule has 0 aromatic heterocycles. The van der Waals surface area contributed by atoms with E-state index in [4.69, 9.17) is 4.74 Å². The second kappa shape index (κ2) is 5.08. The molecule has 0 radical (unpaired) electrons. The van der Waals surface area contributed by atoms with Gasteiger partial charge in [-0.2, -0.15) is 0 Å². The second-order valence-electron chi connectivity index (χ2n) is 4.49. The van der Waals surface area contributed by atoms with E-state index < -0.39 is 11.5 Å². The van der Waals surface area contributed by atoms with Crippen LogP contribution in [0.3, 0.4) is 0 Å². The first-order valence-electron chi connectivity index (χ1n) is 6.31. The molecule has 1 atom stereocenters. The molecule has 1 heterocycles. The highest BCUT2D eigenvalue weighted by molar-refractivity contribution is 5.82. The Bertz CT molecular complexity index is 442. The maximum absolute atomic E-state index is 11.9. The number of ether oxygens (including phenoxy) is 1. The van der Waals surface area contributed by atoms with Crippen molar-refractivity contribution in [1.82, 2.24) is 4.90 Å². The summed E-state index contributed by atoms with van der Waals surface area (Å²) in [6.45, 7) is 6.02. The van der Waals surface area contributed by atoms with E-state index in [0.717, 1.165) is 11.1 Å². The lowest BCUT2D eigenvalue weighted by Crippen LogP contribution is -2.57. The van der Waals surface area contributed by atoms with Gasteiger partial charge in [-0.1, -0.05) is 38.1 Å². The molecule has 1 aliphatic rings. The van der Waals surface area contributed by atoms with Gasteiger partial charge in [0.2, 0.25) is 0 Å². The van der Waals surface area contributed by atoms with Crippen molar-refractivity contribution in [2.75, 3.05) is 19.7 Å². The van der Waals surface area contributed by atoms with Crippen LogP contribution in [0.25, 0.3) is 0 Å². The summed E-state index contributed by atoms with van der Waals surface area (Å²) in [5.41, 5.74) is 0.795. The summed E-state index contributed by atoms with van der Waals surface area (Å²) in [5, 5.41) is 9.75. The Morgan fingerprint density at radius 2 is 2.06 bits per heavy atom. The van der Waals surface area contributed by atoms with E-state index in [1.54, 1.807) is 0 Å². The van der Waals surface area contributed by atoms with E-state index >= 15 is 0 Å². The third-order valence-corrected chi connectivity index (χ3v) is 3.69. The molecule has 4 nitrogen and oxygen atoms in total. The molecule has 1 aromatic carbocycles. The predicted molar refractivity (Wildman–Crippen MR) is 68.3 cm³/mol. The lowest BCUT2D eigenvalue weighted by molar-refractivity contribution is -0.160. The predicted octanol–water partition coefficient (Wildman–Crippen LogP) is 1.84. The number of carboxylic acid groups (broad SMARTS) is 1. The highest BCUT2D eigenvalue weighted by Gasteiger charge is 2.48. The van der Waals surface area contributed by atoms with Gasteiger partial charge in [-0.3, -0.25) is 4.90 Å². The first-order chi connectivity index (χ1) is 8.66. The molecule has 1 aromatic rings. The van der Waals surface area contributed by atoms with Crippen LogP contribution >= 0.6 is 0 Å². The monoisotopic (exact) mass is 249 g/mol. The molecule has 2 rings (SSSR count). The Hall–Kier alpha value is -1.39. The van der Waals surface area contributed by atoms with Gasteiger partial charge in [0, 0.05) is 0 Å². The van der Waals surface area contributed by atoms with Crippen molar-refractivity contribution in [3.05, 3.63) is 35.4 Å². The number of aliphatic carboxylic acids is 1. The molecule has 98 valence electrons. The maximum Gasteiger partial charge on any atom is 0.331 e. The zero-order chi connectivity index (χ0) is 13.2. The van der Waals surface area contributed by atoms with Gasteiger partial charge in [0.25, 0.3) is 0 Å². The van der Waals surface area contributed by atoms with Crippen LogP contribution in [0, 0.1) is 0 Å². The largest absolute Gasteiger partial charge is 0.480 e. The minimum absolute atomic E-state index is 0.209. The van der Waals surface area contributed by atoms with Crippen molar-refractivity contribution >= 4 is 5.97 Å². The SMILES string of the molecule is CCN(CC)C1(C(=O)O)COCc2ccccc21. The van der Waals surface area contributed by atoms with Gasteiger partial charge in [-0.15, -0.1) is 0 Å². The fraction of sp³-hybridized carbons (Fsp3) is 0.500. The molecular formula is C14H19NO3. The molecular weight excluding hydrogens is 230 g/mol. The lowest BCUT2D eigenvalue weighted by atomic mass is 9.83. The Morgan fingerprint density at radius 1 is 1.39 bits per heavy atom. The number of hydrogen-bond acceptors (Lipinski definition) is 3. The molecule has 0 saturated heterocycles. The van der Waals surface area contributed by atoms with Crippen LogP contribution in [0.4, 0.5) is 0 Å². The number of likely N-dealkylation sites (N-methyl/N-ethyl adjacent to an activating group) is 1. The first kappa shape index (κ1) is 13.1. The molecule has 0 bridgehead atoms. The van der Waals surface area contributed by atoms with Crippen LogP contribution in [-0.4, -0.2) is 35.7 Å². The van der Waals surface area contributed by atoms with Crippen LogP contribution in [0.5, 0.6) is 0 Å². The van der Waals surface area contributed by atoms with Gasteiger partial charge >= 0.3 is 5.97 Å². The lowest BCUT2D eigenvalue weighted by Gasteiger charge is -2.43. The van der Waals surface area contributed by atoms with Crippen LogP contribution in [0.15, 0.2) is 24.3 Å². The summed E-state index contributed by atoms with van der Waals surface area (Å²) < 4.78 is 5.54. The van der Waals surface area contributed by atoms with Gasteiger partial charge < -0.3 is 9.84 Å². The summed E-state index contributed by atoms with van der Waals surface area (Å²) in [5.74, 6) is -0.835. The Balaban J connectivity index is 2.59. The summed E-state index contributed by atoms with van der Waals surface area (Å²) in [6, 6.07) is 7.66. The molecule has 4 heteroatoms. The third kappa shape index (κ3) is 1.82. The van der Waals surface area contributed by atoms with Crippen LogP contribution in [0.1, 0.15) is 25.0 Å². The van der Waals surface area contributed by atoms with Gasteiger partial charge in [0.1, 0.15) is 0 Å². The standard InChI is InChI=1S/C14H19NO3/c1-3-15(4-2)14(13(16)17)10-18-9-11-7-5-6-8-12(11)14/h5-8H,3-4,9-10H2,1-2H3,(H,16,17). The Morgan fingerprint density at radius 3 is 2.67 bits per heavy atom. The Labute approximate surface area is 107 Å². The number of rotatable bonds is 4. The van der Waals surface area contributed by atoms with E-state index in [9.17, 15) is 9.90 Å². The van der Waals surface area contributed by atoms with Gasteiger partial charge in [-0.05, 0) is 24.2 Å². The minimum atomic E-state index is -1.04. The normalized spacial score (nSPS) is 22.8. The first-order valence-corrected chi connectivity index (χ1v) is 6.31. The molecule has 0 amide bonds. The molecule has 0 aliphatic carbocycles. The van der Waals surface area contributed by atoms with E-state index in [1.165, 1.54) is 0 Å². The summed E-state index contributed by atoms with van der Waals surface area (Å²) in [4.78, 5) is 13.8. The molecule has 1 unspecified atom stereocenters. The zero-order valence-corrected chi connectivity index (χ0v) is 10.8. The third-order valence-electron chi connectivity index (χ3n) is 3.69. The van der Waals surface area contributed by atoms with Crippen molar-refractivity contribution in [3.8, 4) is 0 Å². The molecule has 0 saturated carbocycles. The molecule has 1 N–H and O–H groups in total. The van der Waals surface area contributed by atoms with Crippen molar-refractivity contribution in [2.45, 2.75) is 26.0 Å². The second-order valence-corrected chi connectivity index (χ2v) is 4.49. The van der Waals surface area contributed by atoms with Gasteiger partial charge in [-0.25, -0.2) is 4.79 Å². The fourth-order valence-electron chi connectivity index (χ4n) is 2.77. The van der Waals surface area contributed by atoms with Crippen molar-refractivity contribution < 1.29 is 14.6 Å². The maximum atomic E-state index is 11.9. The number of benzene rings is 1. The number of nitrogens with zero attached hydrogens (tertiary/aromatic N) is 1. The number of fused-ring (bicyclic) bond motifs is 1. The minimum Gasteiger partial charge on any atom is -0.480 e.